The summed E-state index contributed by atoms with van der Waals surface area (Å²) in [6.45, 7) is 0. The van der Waals surface area contributed by atoms with Crippen molar-refractivity contribution in [3.05, 3.63) is 140 Å². The van der Waals surface area contributed by atoms with Crippen LogP contribution in [0.15, 0.2) is 144 Å². The van der Waals surface area contributed by atoms with Gasteiger partial charge in [-0.1, -0.05) is 109 Å². The quantitative estimate of drug-likeness (QED) is 0.225. The van der Waals surface area contributed by atoms with Crippen LogP contribution in [0.5, 0.6) is 0 Å². The zero-order valence-corrected chi connectivity index (χ0v) is 22.5. The van der Waals surface area contributed by atoms with Crippen LogP contribution in [0.3, 0.4) is 0 Å². The fourth-order valence-electron chi connectivity index (χ4n) is 6.25. The van der Waals surface area contributed by atoms with Gasteiger partial charge in [-0.15, -0.1) is 0 Å². The molecule has 0 aliphatic rings. The lowest BCUT2D eigenvalue weighted by molar-refractivity contribution is 0.653. The number of hydrogen-bond acceptors (Lipinski definition) is 3. The van der Waals surface area contributed by atoms with Gasteiger partial charge >= 0.3 is 0 Å². The first-order valence-electron chi connectivity index (χ1n) is 14.1. The molecule has 0 aliphatic heterocycles. The molecule has 42 heavy (non-hydrogen) atoms. The van der Waals surface area contributed by atoms with E-state index in [0.717, 1.165) is 49.9 Å². The molecule has 4 heteroatoms. The molecule has 4 nitrogen and oxygen atoms in total. The Labute approximate surface area is 241 Å². The standard InChI is InChI=1S/C38H23N3O/c1-2-11-24(12-3-1)25-15-10-16-28(21-25)36-39-37(35-30-18-7-9-20-34(30)42-38(35)40-36)41-32-19-8-6-17-29(32)31-22-26-13-4-5-14-27(26)23-33(31)41/h1-23H. The number of rotatable bonds is 3. The maximum Gasteiger partial charge on any atom is 0.233 e. The summed E-state index contributed by atoms with van der Waals surface area (Å²) >= 11 is 0. The zero-order valence-electron chi connectivity index (χ0n) is 22.5. The predicted octanol–water partition coefficient (Wildman–Crippen LogP) is 9.96. The maximum atomic E-state index is 6.40. The van der Waals surface area contributed by atoms with Crippen LogP contribution in [0.2, 0.25) is 0 Å². The monoisotopic (exact) mass is 537 g/mol. The molecule has 0 bridgehead atoms. The third-order valence-corrected chi connectivity index (χ3v) is 8.20. The lowest BCUT2D eigenvalue weighted by Crippen LogP contribution is -2.02. The van der Waals surface area contributed by atoms with Gasteiger partial charge in [0.05, 0.1) is 16.4 Å². The maximum absolute atomic E-state index is 6.40. The minimum atomic E-state index is 0.577. The molecular formula is C38H23N3O. The molecule has 0 aliphatic carbocycles. The summed E-state index contributed by atoms with van der Waals surface area (Å²) in [5.74, 6) is 1.44. The molecule has 0 saturated carbocycles. The van der Waals surface area contributed by atoms with E-state index in [4.69, 9.17) is 14.4 Å². The van der Waals surface area contributed by atoms with Crippen LogP contribution in [0.1, 0.15) is 0 Å². The summed E-state index contributed by atoms with van der Waals surface area (Å²) in [5, 5.41) is 6.69. The minimum absolute atomic E-state index is 0.577. The lowest BCUT2D eigenvalue weighted by Gasteiger charge is -2.11. The molecule has 196 valence electrons. The first kappa shape index (κ1) is 23.0. The average Bonchev–Trinajstić information content (AvgIpc) is 3.59. The van der Waals surface area contributed by atoms with E-state index in [2.05, 4.69) is 120 Å². The van der Waals surface area contributed by atoms with Crippen LogP contribution >= 0.6 is 0 Å². The van der Waals surface area contributed by atoms with Crippen LogP contribution < -0.4 is 0 Å². The van der Waals surface area contributed by atoms with E-state index in [1.165, 1.54) is 21.5 Å². The Morgan fingerprint density at radius 1 is 0.476 bits per heavy atom. The number of benzene rings is 6. The molecule has 0 saturated heterocycles. The van der Waals surface area contributed by atoms with E-state index in [-0.39, 0.29) is 0 Å². The van der Waals surface area contributed by atoms with Crippen molar-refractivity contribution in [1.29, 1.82) is 0 Å². The Hall–Kier alpha value is -5.74. The van der Waals surface area contributed by atoms with Crippen molar-refractivity contribution in [2.75, 3.05) is 0 Å². The van der Waals surface area contributed by atoms with Crippen molar-refractivity contribution in [2.45, 2.75) is 0 Å². The number of hydrogen-bond donors (Lipinski definition) is 0. The summed E-state index contributed by atoms with van der Waals surface area (Å²) in [4.78, 5) is 10.3. The van der Waals surface area contributed by atoms with E-state index in [1.54, 1.807) is 0 Å². The average molecular weight is 538 g/mol. The van der Waals surface area contributed by atoms with Crippen molar-refractivity contribution in [3.8, 4) is 28.3 Å². The first-order valence-corrected chi connectivity index (χ1v) is 14.1. The van der Waals surface area contributed by atoms with Gasteiger partial charge in [0, 0.05) is 21.7 Å². The molecule has 0 amide bonds. The second-order valence-electron chi connectivity index (χ2n) is 10.7. The molecule has 0 fully saturated rings. The van der Waals surface area contributed by atoms with E-state index in [0.29, 0.717) is 11.5 Å². The Morgan fingerprint density at radius 3 is 2.05 bits per heavy atom. The fourth-order valence-corrected chi connectivity index (χ4v) is 6.25. The van der Waals surface area contributed by atoms with Crippen molar-refractivity contribution < 1.29 is 4.42 Å². The fraction of sp³-hybridized carbons (Fsp3) is 0. The molecular weight excluding hydrogens is 514 g/mol. The number of para-hydroxylation sites is 2. The third kappa shape index (κ3) is 3.42. The summed E-state index contributed by atoms with van der Waals surface area (Å²) in [6.07, 6.45) is 0. The molecule has 3 aromatic heterocycles. The van der Waals surface area contributed by atoms with E-state index < -0.39 is 0 Å². The zero-order chi connectivity index (χ0) is 27.6. The van der Waals surface area contributed by atoms with Gasteiger partial charge in [0.15, 0.2) is 11.6 Å². The second-order valence-corrected chi connectivity index (χ2v) is 10.7. The van der Waals surface area contributed by atoms with Crippen molar-refractivity contribution in [1.82, 2.24) is 14.5 Å². The number of nitrogens with zero attached hydrogens (tertiary/aromatic N) is 3. The van der Waals surface area contributed by atoms with Crippen LogP contribution in [0, 0.1) is 0 Å². The van der Waals surface area contributed by atoms with Gasteiger partial charge in [-0.3, -0.25) is 4.57 Å². The highest BCUT2D eigenvalue weighted by molar-refractivity contribution is 6.16. The van der Waals surface area contributed by atoms with Crippen LogP contribution in [0.4, 0.5) is 0 Å². The molecule has 0 N–H and O–H groups in total. The molecule has 0 unspecified atom stereocenters. The van der Waals surface area contributed by atoms with Gasteiger partial charge < -0.3 is 4.42 Å². The molecule has 0 radical (unpaired) electrons. The van der Waals surface area contributed by atoms with Gasteiger partial charge in [-0.2, -0.15) is 4.98 Å². The Morgan fingerprint density at radius 2 is 1.17 bits per heavy atom. The summed E-state index contributed by atoms with van der Waals surface area (Å²) < 4.78 is 8.68. The predicted molar refractivity (Wildman–Crippen MR) is 172 cm³/mol. The molecule has 9 rings (SSSR count). The van der Waals surface area contributed by atoms with Crippen LogP contribution in [-0.4, -0.2) is 14.5 Å². The van der Waals surface area contributed by atoms with E-state index in [1.807, 2.05) is 24.3 Å². The van der Waals surface area contributed by atoms with Gasteiger partial charge in [0.25, 0.3) is 0 Å². The van der Waals surface area contributed by atoms with E-state index in [9.17, 15) is 0 Å². The number of fused-ring (bicyclic) bond motifs is 7. The SMILES string of the molecule is c1ccc(-c2cccc(-c3nc(-n4c5ccccc5c5cc6ccccc6cc54)c4c(n3)oc3ccccc34)c2)cc1. The Kier molecular flexibility index (Phi) is 4.87. The summed E-state index contributed by atoms with van der Waals surface area (Å²) in [7, 11) is 0. The van der Waals surface area contributed by atoms with Crippen LogP contribution in [-0.2, 0) is 0 Å². The van der Waals surface area contributed by atoms with Gasteiger partial charge in [0.1, 0.15) is 5.58 Å². The largest absolute Gasteiger partial charge is 0.437 e. The third-order valence-electron chi connectivity index (χ3n) is 8.20. The Bertz CT molecular complexity index is 2470. The minimum Gasteiger partial charge on any atom is -0.437 e. The van der Waals surface area contributed by atoms with Crippen molar-refractivity contribution >= 4 is 54.6 Å². The first-order chi connectivity index (χ1) is 20.8. The molecule has 0 spiro atoms. The molecule has 3 heterocycles. The Balaban J connectivity index is 1.40. The smallest absolute Gasteiger partial charge is 0.233 e. The number of furan rings is 1. The van der Waals surface area contributed by atoms with Gasteiger partial charge in [-0.25, -0.2) is 4.98 Å². The highest BCUT2D eigenvalue weighted by Crippen LogP contribution is 2.39. The van der Waals surface area contributed by atoms with Gasteiger partial charge in [-0.05, 0) is 52.2 Å². The van der Waals surface area contributed by atoms with E-state index >= 15 is 0 Å². The highest BCUT2D eigenvalue weighted by atomic mass is 16.3. The number of aromatic nitrogens is 3. The van der Waals surface area contributed by atoms with Crippen molar-refractivity contribution in [3.63, 3.8) is 0 Å². The molecule has 9 aromatic rings. The molecule has 6 aromatic carbocycles. The summed E-state index contributed by atoms with van der Waals surface area (Å²) in [6, 6.07) is 48.6. The summed E-state index contributed by atoms with van der Waals surface area (Å²) in [5.41, 5.74) is 6.77. The van der Waals surface area contributed by atoms with Gasteiger partial charge in [0.2, 0.25) is 5.71 Å². The normalized spacial score (nSPS) is 11.8. The topological polar surface area (TPSA) is 43.9 Å². The molecule has 0 atom stereocenters. The van der Waals surface area contributed by atoms with Crippen molar-refractivity contribution in [2.24, 2.45) is 0 Å². The van der Waals surface area contributed by atoms with Crippen LogP contribution in [0.25, 0.3) is 83.0 Å². The highest BCUT2D eigenvalue weighted by Gasteiger charge is 2.22. The second kappa shape index (κ2) is 8.88. The lowest BCUT2D eigenvalue weighted by atomic mass is 10.0.